The number of halogens is 1. The number of anilines is 1. The first-order chi connectivity index (χ1) is 15.1. The topological polar surface area (TPSA) is 55.8 Å². The maximum absolute atomic E-state index is 14.8. The maximum atomic E-state index is 14.8. The quantitative estimate of drug-likeness (QED) is 0.457. The molecule has 0 radical (unpaired) electrons. The molecule has 0 atom stereocenters. The van der Waals surface area contributed by atoms with Crippen molar-refractivity contribution in [2.24, 2.45) is 4.99 Å². The molecule has 0 spiro atoms. The van der Waals surface area contributed by atoms with Gasteiger partial charge in [0.2, 0.25) is 0 Å². The van der Waals surface area contributed by atoms with Crippen LogP contribution in [-0.4, -0.2) is 61.7 Å². The minimum Gasteiger partial charge on any atom is -0.367 e. The molecule has 1 saturated heterocycles. The molecule has 1 aliphatic rings. The summed E-state index contributed by atoms with van der Waals surface area (Å²) in [5.41, 5.74) is 1.57. The second-order valence-electron chi connectivity index (χ2n) is 7.65. The van der Waals surface area contributed by atoms with Gasteiger partial charge in [-0.2, -0.15) is 0 Å². The van der Waals surface area contributed by atoms with Gasteiger partial charge in [0.05, 0.1) is 17.2 Å². The molecule has 1 fully saturated rings. The highest BCUT2D eigenvalue weighted by Gasteiger charge is 2.18. The van der Waals surface area contributed by atoms with Gasteiger partial charge in [0.15, 0.2) is 5.96 Å². The van der Waals surface area contributed by atoms with Crippen molar-refractivity contribution in [1.29, 1.82) is 0 Å². The molecule has 0 bridgehead atoms. The first kappa shape index (κ1) is 23.5. The van der Waals surface area contributed by atoms with Gasteiger partial charge < -0.3 is 20.4 Å². The summed E-state index contributed by atoms with van der Waals surface area (Å²) in [5, 5.41) is 7.75. The van der Waals surface area contributed by atoms with E-state index in [0.29, 0.717) is 12.2 Å². The fourth-order valence-corrected chi connectivity index (χ4v) is 4.50. The summed E-state index contributed by atoms with van der Waals surface area (Å²) in [6, 6.07) is 5.51. The van der Waals surface area contributed by atoms with Gasteiger partial charge in [0.25, 0.3) is 0 Å². The number of hydrogen-bond donors (Lipinski definition) is 2. The zero-order valence-corrected chi connectivity index (χ0v) is 19.8. The van der Waals surface area contributed by atoms with Gasteiger partial charge in [0.1, 0.15) is 5.82 Å². The van der Waals surface area contributed by atoms with Gasteiger partial charge in [0, 0.05) is 56.8 Å². The number of piperazine rings is 1. The fraction of sp³-hybridized carbons (Fsp3) is 0.565. The molecule has 1 aliphatic heterocycles. The van der Waals surface area contributed by atoms with Crippen LogP contribution in [0.15, 0.2) is 29.4 Å². The Hall–Kier alpha value is -2.19. The van der Waals surface area contributed by atoms with E-state index in [9.17, 15) is 4.39 Å². The van der Waals surface area contributed by atoms with Crippen LogP contribution in [0.25, 0.3) is 0 Å². The fourth-order valence-electron chi connectivity index (χ4n) is 3.64. The SMILES string of the molecule is CCNC(=NCc1ccc(N2CCN(CC)CC2)c(F)c1)NCCc1ncc(CC)s1. The molecular formula is C23H35FN6S. The van der Waals surface area contributed by atoms with Crippen molar-refractivity contribution in [2.45, 2.75) is 40.2 Å². The lowest BCUT2D eigenvalue weighted by Crippen LogP contribution is -2.46. The van der Waals surface area contributed by atoms with Crippen molar-refractivity contribution < 1.29 is 4.39 Å². The smallest absolute Gasteiger partial charge is 0.191 e. The van der Waals surface area contributed by atoms with E-state index in [1.807, 2.05) is 25.3 Å². The average Bonchev–Trinajstić information content (AvgIpc) is 3.26. The lowest BCUT2D eigenvalue weighted by atomic mass is 10.1. The molecule has 0 unspecified atom stereocenters. The van der Waals surface area contributed by atoms with Gasteiger partial charge in [-0.3, -0.25) is 0 Å². The maximum Gasteiger partial charge on any atom is 0.191 e. The number of nitrogens with zero attached hydrogens (tertiary/aromatic N) is 4. The molecule has 3 rings (SSSR count). The van der Waals surface area contributed by atoms with Crippen LogP contribution in [0.2, 0.25) is 0 Å². The Bertz CT molecular complexity index is 844. The summed E-state index contributed by atoms with van der Waals surface area (Å²) < 4.78 is 14.8. The molecule has 0 amide bonds. The van der Waals surface area contributed by atoms with Crippen molar-refractivity contribution in [3.63, 3.8) is 0 Å². The van der Waals surface area contributed by atoms with Crippen LogP contribution >= 0.6 is 11.3 Å². The van der Waals surface area contributed by atoms with Crippen LogP contribution in [0.3, 0.4) is 0 Å². The molecule has 2 aromatic rings. The van der Waals surface area contributed by atoms with Crippen LogP contribution < -0.4 is 15.5 Å². The molecule has 2 heterocycles. The Morgan fingerprint density at radius 2 is 1.97 bits per heavy atom. The summed E-state index contributed by atoms with van der Waals surface area (Å²) in [4.78, 5) is 14.9. The van der Waals surface area contributed by atoms with Gasteiger partial charge in [-0.15, -0.1) is 11.3 Å². The summed E-state index contributed by atoms with van der Waals surface area (Å²) in [7, 11) is 0. The third-order valence-corrected chi connectivity index (χ3v) is 6.72. The number of rotatable bonds is 9. The zero-order valence-electron chi connectivity index (χ0n) is 19.0. The number of aryl methyl sites for hydroxylation is 1. The van der Waals surface area contributed by atoms with E-state index in [0.717, 1.165) is 75.2 Å². The van der Waals surface area contributed by atoms with E-state index in [1.54, 1.807) is 17.4 Å². The first-order valence-corrected chi connectivity index (χ1v) is 12.2. The number of hydrogen-bond acceptors (Lipinski definition) is 5. The van der Waals surface area contributed by atoms with Gasteiger partial charge >= 0.3 is 0 Å². The van der Waals surface area contributed by atoms with Crippen LogP contribution in [0.4, 0.5) is 10.1 Å². The molecule has 0 aliphatic carbocycles. The standard InChI is InChI=1S/C23H35FN6S/c1-4-19-17-27-22(31-19)9-10-26-23(25-5-2)28-16-18-7-8-21(20(24)15-18)30-13-11-29(6-3)12-14-30/h7-8,15,17H,4-6,9-14,16H2,1-3H3,(H2,25,26,28). The predicted octanol–water partition coefficient (Wildman–Crippen LogP) is 3.28. The van der Waals surface area contributed by atoms with E-state index < -0.39 is 0 Å². The van der Waals surface area contributed by atoms with E-state index in [4.69, 9.17) is 0 Å². The third-order valence-electron chi connectivity index (χ3n) is 5.52. The highest BCUT2D eigenvalue weighted by molar-refractivity contribution is 7.11. The normalized spacial score (nSPS) is 15.4. The Kier molecular flexibility index (Phi) is 9.09. The van der Waals surface area contributed by atoms with Crippen LogP contribution in [0.5, 0.6) is 0 Å². The molecule has 1 aromatic carbocycles. The van der Waals surface area contributed by atoms with E-state index in [2.05, 4.69) is 44.3 Å². The number of aromatic nitrogens is 1. The van der Waals surface area contributed by atoms with E-state index >= 15 is 0 Å². The summed E-state index contributed by atoms with van der Waals surface area (Å²) in [5.74, 6) is 0.584. The number of guanidine groups is 1. The molecule has 2 N–H and O–H groups in total. The molecule has 8 heteroatoms. The average molecular weight is 447 g/mol. The largest absolute Gasteiger partial charge is 0.367 e. The Morgan fingerprint density at radius 1 is 1.16 bits per heavy atom. The van der Waals surface area contributed by atoms with Crippen molar-refractivity contribution >= 4 is 23.0 Å². The summed E-state index contributed by atoms with van der Waals surface area (Å²) >= 11 is 1.76. The second-order valence-corrected chi connectivity index (χ2v) is 8.85. The molecule has 0 saturated carbocycles. The molecule has 6 nitrogen and oxygen atoms in total. The number of nitrogens with one attached hydrogen (secondary N) is 2. The molecule has 1 aromatic heterocycles. The monoisotopic (exact) mass is 446 g/mol. The van der Waals surface area contributed by atoms with Crippen molar-refractivity contribution in [1.82, 2.24) is 20.5 Å². The Morgan fingerprint density at radius 3 is 2.61 bits per heavy atom. The van der Waals surface area contributed by atoms with Crippen molar-refractivity contribution in [2.75, 3.05) is 50.7 Å². The Labute approximate surface area is 189 Å². The van der Waals surface area contributed by atoms with E-state index in [-0.39, 0.29) is 5.82 Å². The number of benzene rings is 1. The lowest BCUT2D eigenvalue weighted by molar-refractivity contribution is 0.270. The van der Waals surface area contributed by atoms with Gasteiger partial charge in [-0.25, -0.2) is 14.4 Å². The van der Waals surface area contributed by atoms with Crippen molar-refractivity contribution in [3.8, 4) is 0 Å². The molecule has 170 valence electrons. The summed E-state index contributed by atoms with van der Waals surface area (Å²) in [6.45, 7) is 13.1. The highest BCUT2D eigenvalue weighted by atomic mass is 32.1. The molecule has 31 heavy (non-hydrogen) atoms. The number of aliphatic imine (C=N–C) groups is 1. The minimum absolute atomic E-state index is 0.161. The third kappa shape index (κ3) is 6.90. The van der Waals surface area contributed by atoms with Gasteiger partial charge in [-0.1, -0.05) is 19.9 Å². The minimum atomic E-state index is -0.161. The van der Waals surface area contributed by atoms with E-state index in [1.165, 1.54) is 4.88 Å². The highest BCUT2D eigenvalue weighted by Crippen LogP contribution is 2.22. The molecular weight excluding hydrogens is 411 g/mol. The summed E-state index contributed by atoms with van der Waals surface area (Å²) in [6.07, 6.45) is 3.85. The van der Waals surface area contributed by atoms with Gasteiger partial charge in [-0.05, 0) is 37.6 Å². The van der Waals surface area contributed by atoms with Crippen LogP contribution in [0, 0.1) is 5.82 Å². The predicted molar refractivity (Wildman–Crippen MR) is 129 cm³/mol. The first-order valence-electron chi connectivity index (χ1n) is 11.3. The lowest BCUT2D eigenvalue weighted by Gasteiger charge is -2.35. The van der Waals surface area contributed by atoms with Crippen molar-refractivity contribution in [3.05, 3.63) is 45.7 Å². The zero-order chi connectivity index (χ0) is 22.1. The second kappa shape index (κ2) is 12.0. The van der Waals surface area contributed by atoms with Crippen LogP contribution in [0.1, 0.15) is 36.2 Å². The Balaban J connectivity index is 1.54. The number of thiazole rings is 1. The van der Waals surface area contributed by atoms with Crippen LogP contribution in [-0.2, 0) is 19.4 Å². The number of likely N-dealkylation sites (N-methyl/N-ethyl adjacent to an activating group) is 1.